The standard InChI is InChI=1S/C14H10F3N4S2/c1-7(2)9-5-22-12(20-9)8-3-4-18-11(19-8)13-21-10(6-23-13)14(15,16)17/h3,5-7H,1-2H3. The molecule has 3 aromatic heterocycles. The van der Waals surface area contributed by atoms with Crippen molar-refractivity contribution in [2.75, 3.05) is 0 Å². The Morgan fingerprint density at radius 3 is 2.39 bits per heavy atom. The number of thiazole rings is 2. The molecular formula is C14H10F3N4S2. The fourth-order valence-corrected chi connectivity index (χ4v) is 3.40. The summed E-state index contributed by atoms with van der Waals surface area (Å²) in [5.74, 6) is 0.405. The normalized spacial score (nSPS) is 12.1. The fourth-order valence-electron chi connectivity index (χ4n) is 1.71. The molecule has 0 bridgehead atoms. The van der Waals surface area contributed by atoms with Crippen LogP contribution in [0.25, 0.3) is 21.5 Å². The van der Waals surface area contributed by atoms with Crippen LogP contribution < -0.4 is 0 Å². The van der Waals surface area contributed by atoms with Crippen molar-refractivity contribution in [1.29, 1.82) is 0 Å². The van der Waals surface area contributed by atoms with E-state index in [9.17, 15) is 13.2 Å². The van der Waals surface area contributed by atoms with Gasteiger partial charge in [0.05, 0.1) is 11.9 Å². The molecule has 0 aliphatic heterocycles. The van der Waals surface area contributed by atoms with E-state index >= 15 is 0 Å². The van der Waals surface area contributed by atoms with E-state index in [1.54, 1.807) is 6.07 Å². The Morgan fingerprint density at radius 2 is 1.78 bits per heavy atom. The van der Waals surface area contributed by atoms with E-state index in [0.717, 1.165) is 22.4 Å². The molecule has 0 atom stereocenters. The highest BCUT2D eigenvalue weighted by molar-refractivity contribution is 7.13. The van der Waals surface area contributed by atoms with Crippen molar-refractivity contribution >= 4 is 22.7 Å². The molecule has 0 N–H and O–H groups in total. The minimum absolute atomic E-state index is 0.107. The average Bonchev–Trinajstić information content (AvgIpc) is 3.16. The Bertz CT molecular complexity index is 823. The summed E-state index contributed by atoms with van der Waals surface area (Å²) in [4.78, 5) is 16.2. The first-order chi connectivity index (χ1) is 10.8. The molecule has 9 heteroatoms. The van der Waals surface area contributed by atoms with Gasteiger partial charge in [-0.3, -0.25) is 0 Å². The molecule has 0 saturated carbocycles. The first-order valence-electron chi connectivity index (χ1n) is 6.58. The summed E-state index contributed by atoms with van der Waals surface area (Å²) < 4.78 is 37.9. The third kappa shape index (κ3) is 3.40. The van der Waals surface area contributed by atoms with Gasteiger partial charge in [0.1, 0.15) is 10.7 Å². The van der Waals surface area contributed by atoms with Crippen molar-refractivity contribution in [2.45, 2.75) is 25.9 Å². The van der Waals surface area contributed by atoms with Gasteiger partial charge in [0.2, 0.25) is 0 Å². The molecule has 1 radical (unpaired) electrons. The number of nitrogens with zero attached hydrogens (tertiary/aromatic N) is 4. The van der Waals surface area contributed by atoms with Gasteiger partial charge < -0.3 is 0 Å². The van der Waals surface area contributed by atoms with Gasteiger partial charge in [-0.2, -0.15) is 13.2 Å². The van der Waals surface area contributed by atoms with E-state index in [1.165, 1.54) is 11.3 Å². The maximum absolute atomic E-state index is 12.6. The molecular weight excluding hydrogens is 345 g/mol. The molecule has 0 aromatic carbocycles. The van der Waals surface area contributed by atoms with Gasteiger partial charge in [0, 0.05) is 10.8 Å². The van der Waals surface area contributed by atoms with Crippen LogP contribution in [0.3, 0.4) is 0 Å². The summed E-state index contributed by atoms with van der Waals surface area (Å²) in [6, 6.07) is 1.56. The lowest BCUT2D eigenvalue weighted by Crippen LogP contribution is -2.05. The molecule has 0 aliphatic rings. The molecule has 0 amide bonds. The highest BCUT2D eigenvalue weighted by Crippen LogP contribution is 2.33. The molecule has 23 heavy (non-hydrogen) atoms. The monoisotopic (exact) mass is 355 g/mol. The van der Waals surface area contributed by atoms with Crippen LogP contribution in [0.15, 0.2) is 16.8 Å². The summed E-state index contributed by atoms with van der Waals surface area (Å²) in [5.41, 5.74) is 0.525. The first kappa shape index (κ1) is 16.0. The van der Waals surface area contributed by atoms with E-state index in [4.69, 9.17) is 0 Å². The van der Waals surface area contributed by atoms with Gasteiger partial charge in [-0.1, -0.05) is 13.8 Å². The molecule has 0 fully saturated rings. The van der Waals surface area contributed by atoms with Gasteiger partial charge in [-0.15, -0.1) is 22.7 Å². The van der Waals surface area contributed by atoms with Crippen molar-refractivity contribution < 1.29 is 13.2 Å². The van der Waals surface area contributed by atoms with Crippen LogP contribution in [0, 0.1) is 6.20 Å². The Morgan fingerprint density at radius 1 is 1.04 bits per heavy atom. The third-order valence-electron chi connectivity index (χ3n) is 2.92. The SMILES string of the molecule is CC(C)c1csc(-c2c[c]nc(-c3nc(C(F)(F)F)cs3)n2)n1. The second-order valence-electron chi connectivity index (χ2n) is 4.97. The van der Waals surface area contributed by atoms with E-state index in [1.807, 2.05) is 19.2 Å². The molecule has 0 saturated heterocycles. The smallest absolute Gasteiger partial charge is 0.239 e. The number of aromatic nitrogens is 4. The second-order valence-corrected chi connectivity index (χ2v) is 6.69. The third-order valence-corrected chi connectivity index (χ3v) is 4.64. The minimum Gasteiger partial charge on any atom is -0.239 e. The van der Waals surface area contributed by atoms with Gasteiger partial charge >= 0.3 is 6.18 Å². The minimum atomic E-state index is -4.47. The number of alkyl halides is 3. The fraction of sp³-hybridized carbons (Fsp3) is 0.286. The van der Waals surface area contributed by atoms with Crippen molar-refractivity contribution in [3.63, 3.8) is 0 Å². The topological polar surface area (TPSA) is 51.6 Å². The highest BCUT2D eigenvalue weighted by atomic mass is 32.1. The van der Waals surface area contributed by atoms with Gasteiger partial charge in [0.25, 0.3) is 0 Å². The molecule has 3 heterocycles. The molecule has 119 valence electrons. The lowest BCUT2D eigenvalue weighted by atomic mass is 10.2. The maximum Gasteiger partial charge on any atom is 0.434 e. The Kier molecular flexibility index (Phi) is 4.15. The van der Waals surface area contributed by atoms with Gasteiger partial charge in [0.15, 0.2) is 16.5 Å². The predicted octanol–water partition coefficient (Wildman–Crippen LogP) is 4.67. The summed E-state index contributed by atoms with van der Waals surface area (Å²) in [6.07, 6.45) is -1.82. The zero-order valence-electron chi connectivity index (χ0n) is 12.0. The summed E-state index contributed by atoms with van der Waals surface area (Å²) >= 11 is 2.28. The average molecular weight is 355 g/mol. The van der Waals surface area contributed by atoms with Crippen LogP contribution in [0.5, 0.6) is 0 Å². The van der Waals surface area contributed by atoms with E-state index in [0.29, 0.717) is 16.6 Å². The predicted molar refractivity (Wildman–Crippen MR) is 82.2 cm³/mol. The van der Waals surface area contributed by atoms with E-state index in [-0.39, 0.29) is 10.8 Å². The van der Waals surface area contributed by atoms with Gasteiger partial charge in [-0.25, -0.2) is 19.9 Å². The number of hydrogen-bond acceptors (Lipinski definition) is 6. The van der Waals surface area contributed by atoms with Crippen molar-refractivity contribution in [2.24, 2.45) is 0 Å². The molecule has 4 nitrogen and oxygen atoms in total. The van der Waals surface area contributed by atoms with Gasteiger partial charge in [-0.05, 0) is 12.0 Å². The zero-order valence-corrected chi connectivity index (χ0v) is 13.7. The zero-order chi connectivity index (χ0) is 16.6. The molecule has 0 spiro atoms. The number of hydrogen-bond donors (Lipinski definition) is 0. The van der Waals surface area contributed by atoms with Crippen LogP contribution in [-0.2, 0) is 6.18 Å². The Hall–Kier alpha value is -1.87. The van der Waals surface area contributed by atoms with Crippen LogP contribution in [0.4, 0.5) is 13.2 Å². The molecule has 0 aliphatic carbocycles. The van der Waals surface area contributed by atoms with Crippen LogP contribution in [0.2, 0.25) is 0 Å². The van der Waals surface area contributed by atoms with Crippen molar-refractivity contribution in [1.82, 2.24) is 19.9 Å². The maximum atomic E-state index is 12.6. The number of rotatable bonds is 3. The van der Waals surface area contributed by atoms with Crippen LogP contribution >= 0.6 is 22.7 Å². The van der Waals surface area contributed by atoms with E-state index in [2.05, 4.69) is 26.1 Å². The quantitative estimate of drug-likeness (QED) is 0.685. The molecule has 0 unspecified atom stereocenters. The van der Waals surface area contributed by atoms with Crippen LogP contribution in [-0.4, -0.2) is 19.9 Å². The van der Waals surface area contributed by atoms with Crippen molar-refractivity contribution in [3.05, 3.63) is 34.4 Å². The summed E-state index contributed by atoms with van der Waals surface area (Å²) in [6.45, 7) is 4.06. The molecule has 3 aromatic rings. The molecule has 3 rings (SSSR count). The second kappa shape index (κ2) is 5.97. The van der Waals surface area contributed by atoms with Crippen LogP contribution in [0.1, 0.15) is 31.2 Å². The lowest BCUT2D eigenvalue weighted by molar-refractivity contribution is -0.140. The Balaban J connectivity index is 1.94. The summed E-state index contributed by atoms with van der Waals surface area (Å²) in [7, 11) is 0. The van der Waals surface area contributed by atoms with E-state index < -0.39 is 11.9 Å². The summed E-state index contributed by atoms with van der Waals surface area (Å²) in [5, 5.41) is 3.68. The highest BCUT2D eigenvalue weighted by Gasteiger charge is 2.34. The largest absolute Gasteiger partial charge is 0.434 e. The van der Waals surface area contributed by atoms with Crippen molar-refractivity contribution in [3.8, 4) is 21.5 Å². The lowest BCUT2D eigenvalue weighted by Gasteiger charge is -2.01. The Labute approximate surface area is 138 Å². The number of halogens is 3. The first-order valence-corrected chi connectivity index (χ1v) is 8.34.